The maximum absolute atomic E-state index is 11.9. The van der Waals surface area contributed by atoms with Gasteiger partial charge in [0.1, 0.15) is 16.0 Å². The molecule has 0 aliphatic heterocycles. The number of halogens is 1. The van der Waals surface area contributed by atoms with Gasteiger partial charge in [-0.25, -0.2) is 15.0 Å². The summed E-state index contributed by atoms with van der Waals surface area (Å²) in [5, 5.41) is 0. The lowest BCUT2D eigenvalue weighted by atomic mass is 10.2. The molecule has 0 saturated heterocycles. The van der Waals surface area contributed by atoms with Crippen molar-refractivity contribution >= 4 is 15.9 Å². The SMILES string of the molecule is Cc1nccc(-c2nc(C3CC3)c(Br)c(=O)[nH]2)n1. The van der Waals surface area contributed by atoms with Gasteiger partial charge in [-0.05, 0) is 41.8 Å². The summed E-state index contributed by atoms with van der Waals surface area (Å²) >= 11 is 3.30. The molecule has 0 radical (unpaired) electrons. The molecule has 0 aromatic carbocycles. The molecule has 0 spiro atoms. The number of H-pyrrole nitrogens is 1. The second kappa shape index (κ2) is 4.28. The zero-order valence-electron chi connectivity index (χ0n) is 9.77. The van der Waals surface area contributed by atoms with Crippen LogP contribution in [0.2, 0.25) is 0 Å². The summed E-state index contributed by atoms with van der Waals surface area (Å²) in [6.45, 7) is 1.81. The van der Waals surface area contributed by atoms with Crippen LogP contribution in [-0.2, 0) is 0 Å². The molecule has 1 aliphatic carbocycles. The molecule has 3 rings (SSSR count). The Morgan fingerprint density at radius 2 is 2.17 bits per heavy atom. The lowest BCUT2D eigenvalue weighted by Gasteiger charge is -2.05. The van der Waals surface area contributed by atoms with E-state index in [1.165, 1.54) is 0 Å². The van der Waals surface area contributed by atoms with Crippen LogP contribution >= 0.6 is 15.9 Å². The van der Waals surface area contributed by atoms with E-state index in [1.807, 2.05) is 6.92 Å². The summed E-state index contributed by atoms with van der Waals surface area (Å²) < 4.78 is 0.541. The van der Waals surface area contributed by atoms with E-state index in [-0.39, 0.29) is 5.56 Å². The molecule has 0 unspecified atom stereocenters. The smallest absolute Gasteiger partial charge is 0.265 e. The number of hydrogen-bond acceptors (Lipinski definition) is 4. The third-order valence-corrected chi connectivity index (χ3v) is 3.64. The van der Waals surface area contributed by atoms with Gasteiger partial charge in [0.05, 0.1) is 5.69 Å². The van der Waals surface area contributed by atoms with Crippen LogP contribution in [0.25, 0.3) is 11.5 Å². The highest BCUT2D eigenvalue weighted by Crippen LogP contribution is 2.41. The minimum Gasteiger partial charge on any atom is -0.304 e. The molecule has 1 aliphatic rings. The number of aromatic amines is 1. The van der Waals surface area contributed by atoms with E-state index in [1.54, 1.807) is 12.3 Å². The minimum absolute atomic E-state index is 0.154. The molecule has 0 bridgehead atoms. The molecular formula is C12H11BrN4O. The van der Waals surface area contributed by atoms with Gasteiger partial charge in [0, 0.05) is 12.1 Å². The molecule has 0 amide bonds. The molecule has 0 atom stereocenters. The first-order chi connectivity index (χ1) is 8.65. The van der Waals surface area contributed by atoms with E-state index in [2.05, 4.69) is 35.9 Å². The number of hydrogen-bond donors (Lipinski definition) is 1. The summed E-state index contributed by atoms with van der Waals surface area (Å²) in [7, 11) is 0. The van der Waals surface area contributed by atoms with Crippen molar-refractivity contribution in [3.05, 3.63) is 38.6 Å². The molecule has 1 fully saturated rings. The fourth-order valence-electron chi connectivity index (χ4n) is 1.81. The zero-order chi connectivity index (χ0) is 12.7. The van der Waals surface area contributed by atoms with Crippen molar-refractivity contribution in [1.82, 2.24) is 19.9 Å². The van der Waals surface area contributed by atoms with Crippen LogP contribution in [-0.4, -0.2) is 19.9 Å². The van der Waals surface area contributed by atoms with Gasteiger partial charge in [0.2, 0.25) is 0 Å². The molecule has 6 heteroatoms. The Hall–Kier alpha value is -1.56. The van der Waals surface area contributed by atoms with Gasteiger partial charge >= 0.3 is 0 Å². The van der Waals surface area contributed by atoms with E-state index in [0.717, 1.165) is 18.5 Å². The van der Waals surface area contributed by atoms with Crippen molar-refractivity contribution in [1.29, 1.82) is 0 Å². The Morgan fingerprint density at radius 1 is 1.39 bits per heavy atom. The number of rotatable bonds is 2. The fourth-order valence-corrected chi connectivity index (χ4v) is 2.32. The van der Waals surface area contributed by atoms with Gasteiger partial charge in [-0.15, -0.1) is 0 Å². The predicted octanol–water partition coefficient (Wildman–Crippen LogP) is 2.18. The van der Waals surface area contributed by atoms with Crippen LogP contribution in [0.1, 0.15) is 30.3 Å². The van der Waals surface area contributed by atoms with Gasteiger partial charge in [-0.3, -0.25) is 4.79 Å². The van der Waals surface area contributed by atoms with Crippen LogP contribution in [0.4, 0.5) is 0 Å². The first kappa shape index (κ1) is 11.5. The number of aromatic nitrogens is 4. The topological polar surface area (TPSA) is 71.5 Å². The minimum atomic E-state index is -0.154. The maximum atomic E-state index is 11.9. The van der Waals surface area contributed by atoms with Crippen LogP contribution in [0.15, 0.2) is 21.5 Å². The zero-order valence-corrected chi connectivity index (χ0v) is 11.4. The molecule has 2 aromatic rings. The van der Waals surface area contributed by atoms with Crippen molar-refractivity contribution in [2.45, 2.75) is 25.7 Å². The number of aryl methyl sites for hydroxylation is 1. The Balaban J connectivity index is 2.15. The highest BCUT2D eigenvalue weighted by atomic mass is 79.9. The van der Waals surface area contributed by atoms with Gasteiger partial charge in [0.25, 0.3) is 5.56 Å². The van der Waals surface area contributed by atoms with Crippen LogP contribution in [0.3, 0.4) is 0 Å². The Bertz CT molecular complexity index is 663. The summed E-state index contributed by atoms with van der Waals surface area (Å²) in [6.07, 6.45) is 3.85. The Kier molecular flexibility index (Phi) is 2.74. The second-order valence-corrected chi connectivity index (χ2v) is 5.17. The fraction of sp³-hybridized carbons (Fsp3) is 0.333. The molecule has 1 saturated carbocycles. The number of nitrogens with one attached hydrogen (secondary N) is 1. The molecule has 18 heavy (non-hydrogen) atoms. The largest absolute Gasteiger partial charge is 0.304 e. The third kappa shape index (κ3) is 2.08. The molecule has 1 N–H and O–H groups in total. The molecule has 5 nitrogen and oxygen atoms in total. The monoisotopic (exact) mass is 306 g/mol. The van der Waals surface area contributed by atoms with E-state index in [0.29, 0.717) is 27.7 Å². The summed E-state index contributed by atoms with van der Waals surface area (Å²) in [4.78, 5) is 27.4. The van der Waals surface area contributed by atoms with Crippen molar-refractivity contribution < 1.29 is 0 Å². The summed E-state index contributed by atoms with van der Waals surface area (Å²) in [5.41, 5.74) is 1.33. The predicted molar refractivity (Wildman–Crippen MR) is 70.3 cm³/mol. The molecular weight excluding hydrogens is 296 g/mol. The van der Waals surface area contributed by atoms with E-state index in [9.17, 15) is 4.79 Å². The normalized spacial score (nSPS) is 14.8. The van der Waals surface area contributed by atoms with E-state index < -0.39 is 0 Å². The van der Waals surface area contributed by atoms with E-state index in [4.69, 9.17) is 0 Å². The average Bonchev–Trinajstić information content (AvgIpc) is 3.16. The van der Waals surface area contributed by atoms with Crippen LogP contribution in [0.5, 0.6) is 0 Å². The number of nitrogens with zero attached hydrogens (tertiary/aromatic N) is 3. The Labute approximate surface area is 112 Å². The van der Waals surface area contributed by atoms with Crippen molar-refractivity contribution in [2.75, 3.05) is 0 Å². The van der Waals surface area contributed by atoms with Crippen molar-refractivity contribution in [2.24, 2.45) is 0 Å². The van der Waals surface area contributed by atoms with Crippen LogP contribution in [0, 0.1) is 6.92 Å². The van der Waals surface area contributed by atoms with E-state index >= 15 is 0 Å². The second-order valence-electron chi connectivity index (χ2n) is 4.38. The lowest BCUT2D eigenvalue weighted by molar-refractivity contribution is 0.945. The quantitative estimate of drug-likeness (QED) is 0.923. The van der Waals surface area contributed by atoms with Crippen molar-refractivity contribution in [3.63, 3.8) is 0 Å². The first-order valence-electron chi connectivity index (χ1n) is 5.75. The standard InChI is InChI=1S/C12H11BrN4O/c1-6-14-5-4-8(15-6)11-16-10(7-2-3-7)9(13)12(18)17-11/h4-5,7H,2-3H2,1H3,(H,16,17,18). The first-order valence-corrected chi connectivity index (χ1v) is 6.54. The van der Waals surface area contributed by atoms with Gasteiger partial charge in [-0.2, -0.15) is 0 Å². The van der Waals surface area contributed by atoms with Crippen molar-refractivity contribution in [3.8, 4) is 11.5 Å². The average molecular weight is 307 g/mol. The lowest BCUT2D eigenvalue weighted by Crippen LogP contribution is -2.13. The molecule has 2 aromatic heterocycles. The molecule has 2 heterocycles. The third-order valence-electron chi connectivity index (χ3n) is 2.87. The van der Waals surface area contributed by atoms with Gasteiger partial charge in [0.15, 0.2) is 5.82 Å². The maximum Gasteiger partial charge on any atom is 0.265 e. The summed E-state index contributed by atoms with van der Waals surface area (Å²) in [6, 6.07) is 1.75. The Morgan fingerprint density at radius 3 is 2.83 bits per heavy atom. The highest BCUT2D eigenvalue weighted by Gasteiger charge is 2.29. The van der Waals surface area contributed by atoms with Gasteiger partial charge < -0.3 is 4.98 Å². The van der Waals surface area contributed by atoms with Crippen LogP contribution < -0.4 is 5.56 Å². The highest BCUT2D eigenvalue weighted by molar-refractivity contribution is 9.10. The van der Waals surface area contributed by atoms with Gasteiger partial charge in [-0.1, -0.05) is 0 Å². The molecule has 92 valence electrons. The summed E-state index contributed by atoms with van der Waals surface area (Å²) in [5.74, 6) is 1.57.